The van der Waals surface area contributed by atoms with E-state index in [0.29, 0.717) is 30.2 Å². The second kappa shape index (κ2) is 7.17. The topological polar surface area (TPSA) is 83.4 Å². The number of benzene rings is 1. The number of amides is 1. The molecule has 3 N–H and O–H groups in total. The minimum Gasteiger partial charge on any atom is -0.392 e. The lowest BCUT2D eigenvalue weighted by atomic mass is 10.2. The lowest BCUT2D eigenvalue weighted by molar-refractivity contribution is -0.117. The van der Waals surface area contributed by atoms with Gasteiger partial charge in [0.05, 0.1) is 24.4 Å². The van der Waals surface area contributed by atoms with Gasteiger partial charge in [-0.2, -0.15) is 0 Å². The monoisotopic (exact) mass is 347 g/mol. The number of aliphatic hydroxyl groups excluding tert-OH is 1. The summed E-state index contributed by atoms with van der Waals surface area (Å²) in [5.41, 5.74) is 1.17. The van der Waals surface area contributed by atoms with E-state index in [4.69, 9.17) is 11.6 Å². The van der Waals surface area contributed by atoms with E-state index in [9.17, 15) is 14.7 Å². The number of nitrogens with one attached hydrogen (secondary N) is 2. The number of hydrogen-bond acceptors (Lipinski definition) is 4. The molecule has 126 valence electrons. The Balaban J connectivity index is 1.75. The zero-order valence-corrected chi connectivity index (χ0v) is 13.7. The number of aliphatic hydroxyl groups is 1. The van der Waals surface area contributed by atoms with Crippen LogP contribution in [0.4, 0.5) is 5.69 Å². The van der Waals surface area contributed by atoms with E-state index < -0.39 is 12.1 Å². The van der Waals surface area contributed by atoms with Crippen molar-refractivity contribution in [2.24, 2.45) is 0 Å². The summed E-state index contributed by atoms with van der Waals surface area (Å²) < 4.78 is 1.49. The molecule has 1 aromatic heterocycles. The summed E-state index contributed by atoms with van der Waals surface area (Å²) >= 11 is 6.13. The fraction of sp³-hybridized carbons (Fsp3) is 0.294. The highest BCUT2D eigenvalue weighted by Gasteiger charge is 2.28. The molecule has 0 aliphatic carbocycles. The second-order valence-corrected chi connectivity index (χ2v) is 6.22. The Kier molecular flexibility index (Phi) is 4.99. The third-order valence-electron chi connectivity index (χ3n) is 3.97. The fourth-order valence-electron chi connectivity index (χ4n) is 2.69. The molecule has 3 rings (SSSR count). The van der Waals surface area contributed by atoms with Crippen molar-refractivity contribution in [3.63, 3.8) is 0 Å². The normalized spacial score (nSPS) is 20.1. The SMILES string of the molecule is O=C(Nc1ccc(=O)n(Cc2ccccc2Cl)c1)C1CC(O)CN1. The maximum atomic E-state index is 12.2. The first kappa shape index (κ1) is 16.7. The van der Waals surface area contributed by atoms with Gasteiger partial charge in [0.15, 0.2) is 0 Å². The molecule has 7 heteroatoms. The molecular weight excluding hydrogens is 330 g/mol. The quantitative estimate of drug-likeness (QED) is 0.776. The van der Waals surface area contributed by atoms with Gasteiger partial charge in [0.1, 0.15) is 0 Å². The van der Waals surface area contributed by atoms with E-state index in [1.807, 2.05) is 18.2 Å². The van der Waals surface area contributed by atoms with Crippen LogP contribution in [0.15, 0.2) is 47.4 Å². The third-order valence-corrected chi connectivity index (χ3v) is 4.34. The second-order valence-electron chi connectivity index (χ2n) is 5.81. The maximum absolute atomic E-state index is 12.2. The number of anilines is 1. The van der Waals surface area contributed by atoms with Crippen molar-refractivity contribution < 1.29 is 9.90 Å². The number of rotatable bonds is 4. The molecule has 1 aliphatic heterocycles. The molecule has 1 fully saturated rings. The number of aromatic nitrogens is 1. The van der Waals surface area contributed by atoms with E-state index in [1.54, 1.807) is 18.3 Å². The highest BCUT2D eigenvalue weighted by molar-refractivity contribution is 6.31. The molecule has 2 heterocycles. The minimum atomic E-state index is -0.505. The largest absolute Gasteiger partial charge is 0.392 e. The first-order chi connectivity index (χ1) is 11.5. The fourth-order valence-corrected chi connectivity index (χ4v) is 2.88. The summed E-state index contributed by atoms with van der Waals surface area (Å²) in [6, 6.07) is 9.85. The van der Waals surface area contributed by atoms with Crippen molar-refractivity contribution in [1.82, 2.24) is 9.88 Å². The molecule has 1 saturated heterocycles. The predicted octanol–water partition coefficient (Wildman–Crippen LogP) is 1.21. The first-order valence-electron chi connectivity index (χ1n) is 7.69. The van der Waals surface area contributed by atoms with Gasteiger partial charge in [-0.3, -0.25) is 9.59 Å². The molecule has 1 aliphatic rings. The Morgan fingerprint density at radius 2 is 2.12 bits per heavy atom. The molecule has 0 saturated carbocycles. The van der Waals surface area contributed by atoms with E-state index >= 15 is 0 Å². The molecule has 1 amide bonds. The van der Waals surface area contributed by atoms with Crippen LogP contribution in [0.5, 0.6) is 0 Å². The number of carbonyl (C=O) groups excluding carboxylic acids is 1. The molecular formula is C17H18ClN3O3. The summed E-state index contributed by atoms with van der Waals surface area (Å²) in [7, 11) is 0. The van der Waals surface area contributed by atoms with Crippen LogP contribution in [0.1, 0.15) is 12.0 Å². The van der Waals surface area contributed by atoms with Crippen molar-refractivity contribution >= 4 is 23.2 Å². The number of halogens is 1. The highest BCUT2D eigenvalue weighted by atomic mass is 35.5. The summed E-state index contributed by atoms with van der Waals surface area (Å²) in [5.74, 6) is -0.227. The molecule has 0 bridgehead atoms. The van der Waals surface area contributed by atoms with E-state index in [2.05, 4.69) is 10.6 Å². The molecule has 6 nitrogen and oxygen atoms in total. The Morgan fingerprint density at radius 1 is 1.33 bits per heavy atom. The molecule has 1 aromatic carbocycles. The van der Waals surface area contributed by atoms with Crippen molar-refractivity contribution in [2.45, 2.75) is 25.1 Å². The van der Waals surface area contributed by atoms with E-state index in [1.165, 1.54) is 10.6 Å². The van der Waals surface area contributed by atoms with Gasteiger partial charge in [0, 0.05) is 23.8 Å². The van der Waals surface area contributed by atoms with Gasteiger partial charge in [-0.25, -0.2) is 0 Å². The van der Waals surface area contributed by atoms with Crippen molar-refractivity contribution in [2.75, 3.05) is 11.9 Å². The van der Waals surface area contributed by atoms with Crippen LogP contribution < -0.4 is 16.2 Å². The average molecular weight is 348 g/mol. The lowest BCUT2D eigenvalue weighted by Gasteiger charge is -2.13. The van der Waals surface area contributed by atoms with Crippen LogP contribution >= 0.6 is 11.6 Å². The average Bonchev–Trinajstić information content (AvgIpc) is 2.99. The summed E-state index contributed by atoms with van der Waals surface area (Å²) in [4.78, 5) is 24.2. The van der Waals surface area contributed by atoms with E-state index in [-0.39, 0.29) is 11.5 Å². The van der Waals surface area contributed by atoms with Crippen molar-refractivity contribution in [3.8, 4) is 0 Å². The Labute approximate surface area is 144 Å². The van der Waals surface area contributed by atoms with Crippen LogP contribution in [0.2, 0.25) is 5.02 Å². The number of hydrogen-bond donors (Lipinski definition) is 3. The zero-order valence-electron chi connectivity index (χ0n) is 12.9. The summed E-state index contributed by atoms with van der Waals surface area (Å²) in [6.45, 7) is 0.729. The lowest BCUT2D eigenvalue weighted by Crippen LogP contribution is -2.35. The Hall–Kier alpha value is -2.15. The van der Waals surface area contributed by atoms with Crippen LogP contribution in [0.3, 0.4) is 0 Å². The molecule has 0 radical (unpaired) electrons. The van der Waals surface area contributed by atoms with Gasteiger partial charge in [0.2, 0.25) is 5.91 Å². The van der Waals surface area contributed by atoms with Crippen molar-refractivity contribution in [3.05, 3.63) is 63.5 Å². The molecule has 2 aromatic rings. The number of nitrogens with zero attached hydrogens (tertiary/aromatic N) is 1. The van der Waals surface area contributed by atoms with Gasteiger partial charge in [0.25, 0.3) is 5.56 Å². The van der Waals surface area contributed by atoms with Gasteiger partial charge < -0.3 is 20.3 Å². The number of carbonyl (C=O) groups is 1. The molecule has 0 spiro atoms. The summed E-state index contributed by atoms with van der Waals surface area (Å²) in [6.07, 6.45) is 1.47. The van der Waals surface area contributed by atoms with E-state index in [0.717, 1.165) is 5.56 Å². The van der Waals surface area contributed by atoms with Crippen LogP contribution in [0.25, 0.3) is 0 Å². The number of pyridine rings is 1. The predicted molar refractivity (Wildman–Crippen MR) is 92.3 cm³/mol. The minimum absolute atomic E-state index is 0.178. The standard InChI is InChI=1S/C17H18ClN3O3/c18-14-4-2-1-3-11(14)9-21-10-12(5-6-16(21)23)20-17(24)15-7-13(22)8-19-15/h1-6,10,13,15,19,22H,7-9H2,(H,20,24). The zero-order chi connectivity index (χ0) is 17.1. The third kappa shape index (κ3) is 3.84. The van der Waals surface area contributed by atoms with Gasteiger partial charge >= 0.3 is 0 Å². The number of β-amino-alcohol motifs (C(OH)–C–C–N with tert-alkyl or cyclic N) is 1. The Bertz CT molecular complexity index is 806. The first-order valence-corrected chi connectivity index (χ1v) is 8.07. The smallest absolute Gasteiger partial charge is 0.250 e. The van der Waals surface area contributed by atoms with Crippen molar-refractivity contribution in [1.29, 1.82) is 0 Å². The van der Waals surface area contributed by atoms with Gasteiger partial charge in [-0.05, 0) is 24.1 Å². The Morgan fingerprint density at radius 3 is 2.83 bits per heavy atom. The molecule has 2 unspecified atom stereocenters. The molecule has 24 heavy (non-hydrogen) atoms. The highest BCUT2D eigenvalue weighted by Crippen LogP contribution is 2.16. The maximum Gasteiger partial charge on any atom is 0.250 e. The summed E-state index contributed by atoms with van der Waals surface area (Å²) in [5, 5.41) is 15.8. The van der Waals surface area contributed by atoms with Crippen LogP contribution in [-0.4, -0.2) is 34.3 Å². The van der Waals surface area contributed by atoms with Crippen LogP contribution in [-0.2, 0) is 11.3 Å². The van der Waals surface area contributed by atoms with Gasteiger partial charge in [-0.1, -0.05) is 29.8 Å². The van der Waals surface area contributed by atoms with Gasteiger partial charge in [-0.15, -0.1) is 0 Å². The molecule has 2 atom stereocenters. The van der Waals surface area contributed by atoms with Crippen LogP contribution in [0, 0.1) is 0 Å².